The zero-order chi connectivity index (χ0) is 13.1. The number of hydrogen-bond acceptors (Lipinski definition) is 4. The topological polar surface area (TPSA) is 52.6 Å². The molecule has 1 rings (SSSR count). The Morgan fingerprint density at radius 2 is 1.59 bits per heavy atom. The lowest BCUT2D eigenvalue weighted by Crippen LogP contribution is -2.59. The second-order valence-electron chi connectivity index (χ2n) is 4.16. The monoisotopic (exact) mass is 358 g/mol. The highest BCUT2D eigenvalue weighted by Crippen LogP contribution is 2.53. The highest BCUT2D eigenvalue weighted by Gasteiger charge is 2.65. The predicted octanol–water partition coefficient (Wildman–Crippen LogP) is 2.04. The van der Waals surface area contributed by atoms with Gasteiger partial charge in [0.2, 0.25) is 0 Å². The van der Waals surface area contributed by atoms with E-state index in [2.05, 4.69) is 0 Å². The van der Waals surface area contributed by atoms with Crippen LogP contribution in [0.2, 0.25) is 0 Å². The number of carbonyl (C=O) groups is 2. The summed E-state index contributed by atoms with van der Waals surface area (Å²) in [6.45, 7) is 3.64. The van der Waals surface area contributed by atoms with E-state index in [4.69, 9.17) is 9.47 Å². The molecule has 0 aliphatic heterocycles. The average Bonchev–Trinajstić information content (AvgIpc) is 2.25. The van der Waals surface area contributed by atoms with Crippen molar-refractivity contribution in [2.75, 3.05) is 17.6 Å². The van der Waals surface area contributed by atoms with Crippen LogP contribution in [0.25, 0.3) is 0 Å². The number of hydrogen-bond donors (Lipinski definition) is 0. The Morgan fingerprint density at radius 1 is 1.18 bits per heavy atom. The molecule has 0 heterocycles. The van der Waals surface area contributed by atoms with Gasteiger partial charge in [-0.1, -0.05) is 22.6 Å². The molecule has 0 bridgehead atoms. The van der Waals surface area contributed by atoms with Gasteiger partial charge in [0.05, 0.1) is 13.2 Å². The lowest BCUT2D eigenvalue weighted by Gasteiger charge is -2.46. The van der Waals surface area contributed by atoms with Crippen LogP contribution < -0.4 is 0 Å². The van der Waals surface area contributed by atoms with Crippen molar-refractivity contribution in [2.24, 2.45) is 5.41 Å². The van der Waals surface area contributed by atoms with Crippen LogP contribution in [0.4, 0.5) is 4.39 Å². The van der Waals surface area contributed by atoms with Gasteiger partial charge < -0.3 is 9.47 Å². The van der Waals surface area contributed by atoms with E-state index in [0.29, 0.717) is 0 Å². The first-order valence-corrected chi connectivity index (χ1v) is 7.06. The average molecular weight is 358 g/mol. The number of ether oxygens (including phenoxy) is 2. The van der Waals surface area contributed by atoms with Gasteiger partial charge in [0.25, 0.3) is 0 Å². The Kier molecular flexibility index (Phi) is 4.74. The van der Waals surface area contributed by atoms with Crippen molar-refractivity contribution in [3.63, 3.8) is 0 Å². The summed E-state index contributed by atoms with van der Waals surface area (Å²) in [5, 5.41) is 0. The van der Waals surface area contributed by atoms with Crippen molar-refractivity contribution in [1.29, 1.82) is 0 Å². The first kappa shape index (κ1) is 14.7. The third-order valence-corrected chi connectivity index (χ3v) is 4.18. The normalized spacial score (nSPS) is 20.2. The van der Waals surface area contributed by atoms with E-state index >= 15 is 0 Å². The standard InChI is InChI=1S/C11H16FIO4/c1-3-16-8(14)11(9(15)17-4-2)5-10(12,6-11)7-13/h3-7H2,1-2H3. The molecule has 1 fully saturated rings. The lowest BCUT2D eigenvalue weighted by atomic mass is 9.60. The van der Waals surface area contributed by atoms with Crippen LogP contribution >= 0.6 is 22.6 Å². The van der Waals surface area contributed by atoms with Crippen molar-refractivity contribution >= 4 is 34.5 Å². The maximum absolute atomic E-state index is 13.9. The third-order valence-electron chi connectivity index (χ3n) is 2.81. The minimum atomic E-state index is -1.46. The number of esters is 2. The van der Waals surface area contributed by atoms with Crippen LogP contribution in [0.5, 0.6) is 0 Å². The second-order valence-corrected chi connectivity index (χ2v) is 4.92. The van der Waals surface area contributed by atoms with E-state index in [1.165, 1.54) is 0 Å². The first-order valence-electron chi connectivity index (χ1n) is 5.53. The summed E-state index contributed by atoms with van der Waals surface area (Å²) in [6, 6.07) is 0. The summed E-state index contributed by atoms with van der Waals surface area (Å²) >= 11 is 1.91. The molecule has 0 radical (unpaired) electrons. The minimum absolute atomic E-state index is 0.138. The largest absolute Gasteiger partial charge is 0.465 e. The zero-order valence-electron chi connectivity index (χ0n) is 9.92. The molecule has 17 heavy (non-hydrogen) atoms. The summed E-state index contributed by atoms with van der Waals surface area (Å²) < 4.78 is 23.9. The molecule has 0 aromatic rings. The van der Waals surface area contributed by atoms with Gasteiger partial charge in [0.1, 0.15) is 5.67 Å². The number of alkyl halides is 2. The van der Waals surface area contributed by atoms with Crippen molar-refractivity contribution in [1.82, 2.24) is 0 Å². The Labute approximate surface area is 113 Å². The van der Waals surface area contributed by atoms with E-state index in [1.54, 1.807) is 13.8 Å². The molecule has 1 aliphatic carbocycles. The fraction of sp³-hybridized carbons (Fsp3) is 0.818. The third kappa shape index (κ3) is 2.71. The molecule has 0 unspecified atom stereocenters. The molecule has 0 spiro atoms. The molecule has 4 nitrogen and oxygen atoms in total. The van der Waals surface area contributed by atoms with E-state index in [-0.39, 0.29) is 30.5 Å². The van der Waals surface area contributed by atoms with Gasteiger partial charge >= 0.3 is 11.9 Å². The number of halogens is 2. The highest BCUT2D eigenvalue weighted by atomic mass is 127. The Balaban J connectivity index is 2.82. The van der Waals surface area contributed by atoms with E-state index < -0.39 is 23.0 Å². The van der Waals surface area contributed by atoms with Crippen molar-refractivity contribution in [2.45, 2.75) is 32.4 Å². The Hall–Kier alpha value is -0.400. The van der Waals surface area contributed by atoms with Gasteiger partial charge in [-0.25, -0.2) is 4.39 Å². The van der Waals surface area contributed by atoms with Crippen LogP contribution in [-0.2, 0) is 19.1 Å². The molecule has 6 heteroatoms. The van der Waals surface area contributed by atoms with Crippen molar-refractivity contribution < 1.29 is 23.5 Å². The van der Waals surface area contributed by atoms with Gasteiger partial charge in [0.15, 0.2) is 5.41 Å². The predicted molar refractivity (Wildman–Crippen MR) is 67.7 cm³/mol. The molecule has 0 aromatic carbocycles. The molecular formula is C11H16FIO4. The first-order chi connectivity index (χ1) is 7.94. The molecule has 0 aromatic heterocycles. The number of rotatable bonds is 5. The summed E-state index contributed by atoms with van der Waals surface area (Å²) in [5.74, 6) is -1.34. The summed E-state index contributed by atoms with van der Waals surface area (Å²) in [5.41, 5.74) is -2.88. The molecular weight excluding hydrogens is 342 g/mol. The molecule has 0 atom stereocenters. The van der Waals surface area contributed by atoms with E-state index in [9.17, 15) is 14.0 Å². The molecule has 98 valence electrons. The van der Waals surface area contributed by atoms with E-state index in [1.807, 2.05) is 22.6 Å². The number of carbonyl (C=O) groups excluding carboxylic acids is 2. The van der Waals surface area contributed by atoms with Crippen LogP contribution in [0.1, 0.15) is 26.7 Å². The maximum atomic E-state index is 13.9. The Bertz CT molecular complexity index is 293. The highest BCUT2D eigenvalue weighted by molar-refractivity contribution is 14.1. The quantitative estimate of drug-likeness (QED) is 0.327. The van der Waals surface area contributed by atoms with Gasteiger partial charge in [-0.2, -0.15) is 0 Å². The fourth-order valence-corrected chi connectivity index (χ4v) is 2.57. The summed E-state index contributed by atoms with van der Waals surface area (Å²) in [4.78, 5) is 23.6. The van der Waals surface area contributed by atoms with Crippen molar-refractivity contribution in [3.8, 4) is 0 Å². The van der Waals surface area contributed by atoms with Gasteiger partial charge in [-0.05, 0) is 13.8 Å². The molecule has 0 amide bonds. The Morgan fingerprint density at radius 3 is 1.88 bits per heavy atom. The van der Waals surface area contributed by atoms with Crippen LogP contribution in [-0.4, -0.2) is 35.2 Å². The molecule has 0 saturated heterocycles. The minimum Gasteiger partial charge on any atom is -0.465 e. The smallest absolute Gasteiger partial charge is 0.323 e. The van der Waals surface area contributed by atoms with Gasteiger partial charge in [0, 0.05) is 17.3 Å². The van der Waals surface area contributed by atoms with Crippen molar-refractivity contribution in [3.05, 3.63) is 0 Å². The van der Waals surface area contributed by atoms with Gasteiger partial charge in [-0.3, -0.25) is 9.59 Å². The molecule has 0 N–H and O–H groups in total. The maximum Gasteiger partial charge on any atom is 0.323 e. The second kappa shape index (κ2) is 5.49. The molecule has 1 saturated carbocycles. The lowest BCUT2D eigenvalue weighted by molar-refractivity contribution is -0.191. The summed E-state index contributed by atoms with van der Waals surface area (Å²) in [7, 11) is 0. The van der Waals surface area contributed by atoms with Crippen LogP contribution in [0.3, 0.4) is 0 Å². The van der Waals surface area contributed by atoms with Crippen LogP contribution in [0, 0.1) is 5.41 Å². The van der Waals surface area contributed by atoms with Gasteiger partial charge in [-0.15, -0.1) is 0 Å². The SMILES string of the molecule is CCOC(=O)C1(C(=O)OCC)CC(F)(CI)C1. The van der Waals surface area contributed by atoms with Crippen LogP contribution in [0.15, 0.2) is 0 Å². The zero-order valence-corrected chi connectivity index (χ0v) is 12.1. The van der Waals surface area contributed by atoms with E-state index in [0.717, 1.165) is 0 Å². The molecule has 1 aliphatic rings. The summed E-state index contributed by atoms with van der Waals surface area (Å²) in [6.07, 6.45) is -0.277. The fourth-order valence-electron chi connectivity index (χ4n) is 2.03.